The Balaban J connectivity index is 1.68. The summed E-state index contributed by atoms with van der Waals surface area (Å²) in [6.07, 6.45) is 0.165. The maximum atomic E-state index is 12.8. The average Bonchev–Trinajstić information content (AvgIpc) is 3.10. The fraction of sp³-hybridized carbons (Fsp3) is 0.375. The molecule has 3 amide bonds. The van der Waals surface area contributed by atoms with Crippen LogP contribution in [0.2, 0.25) is 0 Å². The third-order valence-electron chi connectivity index (χ3n) is 5.27. The summed E-state index contributed by atoms with van der Waals surface area (Å²) in [7, 11) is 0. The van der Waals surface area contributed by atoms with Crippen LogP contribution in [0.15, 0.2) is 48.5 Å². The summed E-state index contributed by atoms with van der Waals surface area (Å²) in [5.74, 6) is -0.525. The van der Waals surface area contributed by atoms with Crippen molar-refractivity contribution < 1.29 is 14.4 Å². The van der Waals surface area contributed by atoms with Crippen molar-refractivity contribution in [1.29, 1.82) is 0 Å². The summed E-state index contributed by atoms with van der Waals surface area (Å²) in [5, 5.41) is 5.79. The zero-order valence-electron chi connectivity index (χ0n) is 17.9. The summed E-state index contributed by atoms with van der Waals surface area (Å²) < 4.78 is 0. The second-order valence-electron chi connectivity index (χ2n) is 8.37. The Morgan fingerprint density at radius 1 is 0.967 bits per heavy atom. The number of benzene rings is 2. The molecule has 1 aliphatic heterocycles. The molecule has 6 nitrogen and oxygen atoms in total. The van der Waals surface area contributed by atoms with Gasteiger partial charge in [-0.1, -0.05) is 45.9 Å². The highest BCUT2D eigenvalue weighted by molar-refractivity contribution is 6.04. The molecule has 1 saturated heterocycles. The third kappa shape index (κ3) is 5.06. The Morgan fingerprint density at radius 2 is 1.63 bits per heavy atom. The normalized spacial score (nSPS) is 16.3. The lowest BCUT2D eigenvalue weighted by Gasteiger charge is -2.18. The monoisotopic (exact) mass is 407 g/mol. The zero-order valence-corrected chi connectivity index (χ0v) is 17.9. The molecule has 1 fully saturated rings. The number of rotatable bonds is 6. The van der Waals surface area contributed by atoms with Gasteiger partial charge < -0.3 is 15.5 Å². The number of hydrogen-bond acceptors (Lipinski definition) is 3. The van der Waals surface area contributed by atoms with Crippen molar-refractivity contribution in [1.82, 2.24) is 0 Å². The Labute approximate surface area is 177 Å². The van der Waals surface area contributed by atoms with Gasteiger partial charge in [-0.3, -0.25) is 14.4 Å². The maximum absolute atomic E-state index is 12.8. The van der Waals surface area contributed by atoms with Gasteiger partial charge in [-0.25, -0.2) is 0 Å². The number of carbonyl (C=O) groups is 3. The van der Waals surface area contributed by atoms with Crippen LogP contribution in [0.4, 0.5) is 17.1 Å². The van der Waals surface area contributed by atoms with E-state index in [0.717, 1.165) is 11.3 Å². The fourth-order valence-electron chi connectivity index (χ4n) is 3.39. The predicted octanol–water partition coefficient (Wildman–Crippen LogP) is 4.40. The van der Waals surface area contributed by atoms with E-state index in [1.165, 1.54) is 0 Å². The van der Waals surface area contributed by atoms with E-state index < -0.39 is 5.92 Å². The van der Waals surface area contributed by atoms with E-state index in [9.17, 15) is 14.4 Å². The molecular weight excluding hydrogens is 378 g/mol. The highest BCUT2D eigenvalue weighted by Gasteiger charge is 2.35. The summed E-state index contributed by atoms with van der Waals surface area (Å²) in [4.78, 5) is 38.9. The molecule has 0 aliphatic carbocycles. The Bertz CT molecular complexity index is 952. The average molecular weight is 408 g/mol. The minimum absolute atomic E-state index is 0.0826. The van der Waals surface area contributed by atoms with Gasteiger partial charge in [0, 0.05) is 35.9 Å². The molecule has 6 heteroatoms. The molecule has 0 saturated carbocycles. The van der Waals surface area contributed by atoms with Crippen molar-refractivity contribution in [3.63, 3.8) is 0 Å². The Hall–Kier alpha value is -3.15. The van der Waals surface area contributed by atoms with Crippen LogP contribution in [-0.4, -0.2) is 24.3 Å². The molecule has 1 aliphatic rings. The molecule has 3 rings (SSSR count). The van der Waals surface area contributed by atoms with Gasteiger partial charge in [-0.05, 0) is 41.8 Å². The molecule has 2 aromatic rings. The van der Waals surface area contributed by atoms with E-state index in [1.54, 1.807) is 23.1 Å². The van der Waals surface area contributed by atoms with Crippen molar-refractivity contribution in [3.05, 3.63) is 54.1 Å². The van der Waals surface area contributed by atoms with Crippen molar-refractivity contribution in [2.75, 3.05) is 22.1 Å². The molecule has 1 atom stereocenters. The first kappa shape index (κ1) is 21.6. The first-order chi connectivity index (χ1) is 14.2. The van der Waals surface area contributed by atoms with Crippen LogP contribution in [0, 0.1) is 11.8 Å². The lowest BCUT2D eigenvalue weighted by atomic mass is 10.0. The first-order valence-electron chi connectivity index (χ1n) is 10.4. The minimum Gasteiger partial charge on any atom is -0.326 e. The van der Waals surface area contributed by atoms with Gasteiger partial charge in [-0.2, -0.15) is 0 Å². The molecule has 0 aromatic heterocycles. The quantitative estimate of drug-likeness (QED) is 0.745. The number of anilines is 3. The van der Waals surface area contributed by atoms with E-state index in [-0.39, 0.29) is 30.1 Å². The summed E-state index contributed by atoms with van der Waals surface area (Å²) in [5.41, 5.74) is 3.21. The van der Waals surface area contributed by atoms with E-state index >= 15 is 0 Å². The van der Waals surface area contributed by atoms with Crippen LogP contribution in [0.3, 0.4) is 0 Å². The number of nitrogens with zero attached hydrogens (tertiary/aromatic N) is 1. The van der Waals surface area contributed by atoms with Gasteiger partial charge in [0.05, 0.1) is 5.92 Å². The number of amides is 3. The van der Waals surface area contributed by atoms with Crippen molar-refractivity contribution in [3.8, 4) is 0 Å². The highest BCUT2D eigenvalue weighted by Crippen LogP contribution is 2.28. The Kier molecular flexibility index (Phi) is 6.55. The molecule has 1 heterocycles. The third-order valence-corrected chi connectivity index (χ3v) is 5.27. The van der Waals surface area contributed by atoms with Crippen molar-refractivity contribution >= 4 is 34.8 Å². The van der Waals surface area contributed by atoms with Gasteiger partial charge in [0.1, 0.15) is 0 Å². The smallest absolute Gasteiger partial charge is 0.229 e. The number of nitrogens with one attached hydrogen (secondary N) is 2. The molecular formula is C24H29N3O3. The SMILES string of the molecule is CC(C)C(=O)Nc1cccc(N2CC(C(=O)Nc3cccc(C(C)C)c3)CC2=O)c1. The minimum atomic E-state index is -0.422. The van der Waals surface area contributed by atoms with E-state index in [0.29, 0.717) is 23.8 Å². The second kappa shape index (κ2) is 9.11. The van der Waals surface area contributed by atoms with E-state index in [1.807, 2.05) is 44.2 Å². The number of hydrogen-bond donors (Lipinski definition) is 2. The van der Waals surface area contributed by atoms with Crippen LogP contribution in [0.5, 0.6) is 0 Å². The topological polar surface area (TPSA) is 78.5 Å². The maximum Gasteiger partial charge on any atom is 0.229 e. The molecule has 30 heavy (non-hydrogen) atoms. The van der Waals surface area contributed by atoms with Crippen LogP contribution >= 0.6 is 0 Å². The lowest BCUT2D eigenvalue weighted by molar-refractivity contribution is -0.122. The van der Waals surface area contributed by atoms with E-state index in [4.69, 9.17) is 0 Å². The molecule has 0 spiro atoms. The summed E-state index contributed by atoms with van der Waals surface area (Å²) >= 11 is 0. The first-order valence-corrected chi connectivity index (χ1v) is 10.4. The summed E-state index contributed by atoms with van der Waals surface area (Å²) in [6, 6.07) is 15.0. The van der Waals surface area contributed by atoms with Gasteiger partial charge >= 0.3 is 0 Å². The molecule has 0 bridgehead atoms. The molecule has 0 radical (unpaired) electrons. The molecule has 1 unspecified atom stereocenters. The summed E-state index contributed by atoms with van der Waals surface area (Å²) in [6.45, 7) is 8.17. The van der Waals surface area contributed by atoms with Crippen LogP contribution in [0.1, 0.15) is 45.6 Å². The van der Waals surface area contributed by atoms with Crippen molar-refractivity contribution in [2.45, 2.75) is 40.0 Å². The predicted molar refractivity (Wildman–Crippen MR) is 120 cm³/mol. The van der Waals surface area contributed by atoms with Gasteiger partial charge in [0.15, 0.2) is 0 Å². The van der Waals surface area contributed by atoms with Gasteiger partial charge in [0.2, 0.25) is 17.7 Å². The molecule has 2 N–H and O–H groups in total. The van der Waals surface area contributed by atoms with Crippen LogP contribution in [-0.2, 0) is 14.4 Å². The second-order valence-corrected chi connectivity index (χ2v) is 8.37. The fourth-order valence-corrected chi connectivity index (χ4v) is 3.39. The zero-order chi connectivity index (χ0) is 21.8. The Morgan fingerprint density at radius 3 is 2.30 bits per heavy atom. The van der Waals surface area contributed by atoms with E-state index in [2.05, 4.69) is 24.5 Å². The van der Waals surface area contributed by atoms with Gasteiger partial charge in [0.25, 0.3) is 0 Å². The molecule has 158 valence electrons. The molecule has 2 aromatic carbocycles. The lowest BCUT2D eigenvalue weighted by Crippen LogP contribution is -2.28. The number of carbonyl (C=O) groups excluding carboxylic acids is 3. The standard InChI is InChI=1S/C24H29N3O3/c1-15(2)17-7-5-8-19(11-17)26-24(30)18-12-22(28)27(14-18)21-10-6-9-20(13-21)25-23(29)16(3)4/h5-11,13,15-16,18H,12,14H2,1-4H3,(H,25,29)(H,26,30). The largest absolute Gasteiger partial charge is 0.326 e. The highest BCUT2D eigenvalue weighted by atomic mass is 16.2. The van der Waals surface area contributed by atoms with Gasteiger partial charge in [-0.15, -0.1) is 0 Å². The van der Waals surface area contributed by atoms with Crippen molar-refractivity contribution in [2.24, 2.45) is 11.8 Å². The van der Waals surface area contributed by atoms with Crippen LogP contribution < -0.4 is 15.5 Å². The van der Waals surface area contributed by atoms with Crippen LogP contribution in [0.25, 0.3) is 0 Å².